The predicted molar refractivity (Wildman–Crippen MR) is 97.7 cm³/mol. The zero-order valence-corrected chi connectivity index (χ0v) is 15.8. The minimum Gasteiger partial charge on any atom is -0.497 e. The SMILES string of the molecule is COCC[C@H]1CCCCN1Cc1nc(-c2ccc(OC)cc2F)oc1C. The van der Waals surface area contributed by atoms with Crippen molar-refractivity contribution < 1.29 is 18.3 Å². The second kappa shape index (κ2) is 8.64. The third-order valence-corrected chi connectivity index (χ3v) is 5.06. The number of halogens is 1. The van der Waals surface area contributed by atoms with Crippen molar-refractivity contribution in [3.05, 3.63) is 35.5 Å². The van der Waals surface area contributed by atoms with Crippen LogP contribution in [0.4, 0.5) is 4.39 Å². The monoisotopic (exact) mass is 362 g/mol. The molecule has 1 aromatic carbocycles. The fraction of sp³-hybridized carbons (Fsp3) is 0.550. The maximum atomic E-state index is 14.3. The van der Waals surface area contributed by atoms with E-state index in [0.717, 1.165) is 37.6 Å². The summed E-state index contributed by atoms with van der Waals surface area (Å²) in [6.45, 7) is 4.43. The number of ether oxygens (including phenoxy) is 2. The van der Waals surface area contributed by atoms with E-state index < -0.39 is 5.82 Å². The molecule has 6 heteroatoms. The third-order valence-electron chi connectivity index (χ3n) is 5.06. The van der Waals surface area contributed by atoms with Crippen LogP contribution in [0.1, 0.15) is 37.1 Å². The van der Waals surface area contributed by atoms with Crippen molar-refractivity contribution in [3.63, 3.8) is 0 Å². The van der Waals surface area contributed by atoms with Crippen molar-refractivity contribution in [1.29, 1.82) is 0 Å². The van der Waals surface area contributed by atoms with E-state index in [0.29, 0.717) is 23.2 Å². The molecule has 1 aromatic heterocycles. The minimum atomic E-state index is -0.395. The van der Waals surface area contributed by atoms with Gasteiger partial charge in [0, 0.05) is 32.4 Å². The summed E-state index contributed by atoms with van der Waals surface area (Å²) in [6, 6.07) is 5.20. The van der Waals surface area contributed by atoms with Crippen molar-refractivity contribution >= 4 is 0 Å². The van der Waals surface area contributed by atoms with E-state index >= 15 is 0 Å². The molecule has 2 heterocycles. The van der Waals surface area contributed by atoms with Gasteiger partial charge >= 0.3 is 0 Å². The Kier molecular flexibility index (Phi) is 6.27. The van der Waals surface area contributed by atoms with Gasteiger partial charge in [-0.1, -0.05) is 6.42 Å². The van der Waals surface area contributed by atoms with Gasteiger partial charge in [0.15, 0.2) is 0 Å². The van der Waals surface area contributed by atoms with Gasteiger partial charge in [0.05, 0.1) is 18.4 Å². The van der Waals surface area contributed by atoms with Crippen LogP contribution >= 0.6 is 0 Å². The van der Waals surface area contributed by atoms with Crippen LogP contribution in [0.5, 0.6) is 5.75 Å². The zero-order valence-electron chi connectivity index (χ0n) is 15.8. The van der Waals surface area contributed by atoms with Gasteiger partial charge in [-0.2, -0.15) is 0 Å². The van der Waals surface area contributed by atoms with Crippen LogP contribution in [0.2, 0.25) is 0 Å². The van der Waals surface area contributed by atoms with E-state index in [4.69, 9.17) is 13.9 Å². The number of hydrogen-bond acceptors (Lipinski definition) is 5. The van der Waals surface area contributed by atoms with E-state index in [9.17, 15) is 4.39 Å². The molecule has 0 radical (unpaired) electrons. The molecular formula is C20H27FN2O3. The maximum Gasteiger partial charge on any atom is 0.229 e. The van der Waals surface area contributed by atoms with Crippen molar-refractivity contribution in [3.8, 4) is 17.2 Å². The molecule has 3 rings (SSSR count). The van der Waals surface area contributed by atoms with Crippen molar-refractivity contribution in [1.82, 2.24) is 9.88 Å². The summed E-state index contributed by atoms with van der Waals surface area (Å²) in [6.07, 6.45) is 4.65. The lowest BCUT2D eigenvalue weighted by Gasteiger charge is -2.35. The zero-order chi connectivity index (χ0) is 18.5. The van der Waals surface area contributed by atoms with Crippen LogP contribution < -0.4 is 4.74 Å². The number of aromatic nitrogens is 1. The van der Waals surface area contributed by atoms with Crippen LogP contribution in [-0.4, -0.2) is 43.3 Å². The van der Waals surface area contributed by atoms with Gasteiger partial charge in [-0.05, 0) is 44.9 Å². The minimum absolute atomic E-state index is 0.322. The van der Waals surface area contributed by atoms with Crippen LogP contribution in [0, 0.1) is 12.7 Å². The van der Waals surface area contributed by atoms with Gasteiger partial charge in [0.2, 0.25) is 5.89 Å². The largest absolute Gasteiger partial charge is 0.497 e. The first-order chi connectivity index (χ1) is 12.6. The molecule has 1 aliphatic heterocycles. The van der Waals surface area contributed by atoms with E-state index in [1.54, 1.807) is 19.2 Å². The summed E-state index contributed by atoms with van der Waals surface area (Å²) in [7, 11) is 3.26. The first-order valence-corrected chi connectivity index (χ1v) is 9.15. The number of aryl methyl sites for hydroxylation is 1. The summed E-state index contributed by atoms with van der Waals surface area (Å²) in [5, 5.41) is 0. The summed E-state index contributed by atoms with van der Waals surface area (Å²) in [4.78, 5) is 7.03. The first-order valence-electron chi connectivity index (χ1n) is 9.15. The molecule has 0 aliphatic carbocycles. The molecule has 0 saturated carbocycles. The molecule has 142 valence electrons. The molecule has 2 aromatic rings. The summed E-state index contributed by atoms with van der Waals surface area (Å²) >= 11 is 0. The van der Waals surface area contributed by atoms with E-state index in [-0.39, 0.29) is 0 Å². The van der Waals surface area contributed by atoms with Crippen LogP contribution in [0.3, 0.4) is 0 Å². The molecule has 0 unspecified atom stereocenters. The molecule has 1 saturated heterocycles. The third kappa shape index (κ3) is 4.24. The van der Waals surface area contributed by atoms with E-state index in [1.807, 2.05) is 6.92 Å². The van der Waals surface area contributed by atoms with Crippen LogP contribution in [0.25, 0.3) is 11.5 Å². The fourth-order valence-electron chi connectivity index (χ4n) is 3.53. The van der Waals surface area contributed by atoms with Gasteiger partial charge in [-0.15, -0.1) is 0 Å². The highest BCUT2D eigenvalue weighted by molar-refractivity contribution is 5.56. The van der Waals surface area contributed by atoms with E-state index in [2.05, 4.69) is 9.88 Å². The van der Waals surface area contributed by atoms with Crippen LogP contribution in [0.15, 0.2) is 22.6 Å². The Morgan fingerprint density at radius 1 is 1.31 bits per heavy atom. The highest BCUT2D eigenvalue weighted by atomic mass is 19.1. The quantitative estimate of drug-likeness (QED) is 0.739. The highest BCUT2D eigenvalue weighted by Gasteiger charge is 2.25. The normalized spacial score (nSPS) is 18.2. The Morgan fingerprint density at radius 2 is 2.15 bits per heavy atom. The molecule has 1 fully saturated rings. The van der Waals surface area contributed by atoms with Crippen LogP contribution in [-0.2, 0) is 11.3 Å². The Labute approximate surface area is 154 Å². The molecule has 1 atom stereocenters. The molecular weight excluding hydrogens is 335 g/mol. The number of rotatable bonds is 7. The summed E-state index contributed by atoms with van der Waals surface area (Å²) in [5.41, 5.74) is 1.23. The molecule has 0 amide bonds. The van der Waals surface area contributed by atoms with Gasteiger partial charge in [-0.3, -0.25) is 4.90 Å². The van der Waals surface area contributed by atoms with Gasteiger partial charge in [0.1, 0.15) is 17.3 Å². The number of hydrogen-bond donors (Lipinski definition) is 0. The maximum absolute atomic E-state index is 14.3. The Morgan fingerprint density at radius 3 is 2.88 bits per heavy atom. The predicted octanol–water partition coefficient (Wildman–Crippen LogP) is 4.19. The first kappa shape index (κ1) is 18.9. The molecule has 0 N–H and O–H groups in total. The second-order valence-electron chi connectivity index (χ2n) is 6.77. The number of likely N-dealkylation sites (tertiary alicyclic amines) is 1. The fourth-order valence-corrected chi connectivity index (χ4v) is 3.53. The van der Waals surface area contributed by atoms with Gasteiger partial charge in [-0.25, -0.2) is 9.37 Å². The smallest absolute Gasteiger partial charge is 0.229 e. The molecule has 26 heavy (non-hydrogen) atoms. The van der Waals surface area contributed by atoms with Gasteiger partial charge in [0.25, 0.3) is 0 Å². The van der Waals surface area contributed by atoms with Crippen molar-refractivity contribution in [2.75, 3.05) is 27.4 Å². The highest BCUT2D eigenvalue weighted by Crippen LogP contribution is 2.29. The average Bonchev–Trinajstić information content (AvgIpc) is 3.01. The molecule has 0 spiro atoms. The number of oxazole rings is 1. The average molecular weight is 362 g/mol. The number of nitrogens with zero attached hydrogens (tertiary/aromatic N) is 2. The number of benzene rings is 1. The number of methoxy groups -OCH3 is 2. The van der Waals surface area contributed by atoms with E-state index in [1.165, 1.54) is 32.4 Å². The van der Waals surface area contributed by atoms with Crippen molar-refractivity contribution in [2.24, 2.45) is 0 Å². The topological polar surface area (TPSA) is 47.7 Å². The summed E-state index contributed by atoms with van der Waals surface area (Å²) < 4.78 is 30.4. The number of piperidine rings is 1. The lowest BCUT2D eigenvalue weighted by molar-refractivity contribution is 0.0961. The Bertz CT molecular complexity index is 732. The lowest BCUT2D eigenvalue weighted by atomic mass is 9.99. The summed E-state index contributed by atoms with van der Waals surface area (Å²) in [5.74, 6) is 1.14. The second-order valence-corrected chi connectivity index (χ2v) is 6.77. The molecule has 1 aliphatic rings. The van der Waals surface area contributed by atoms with Crippen molar-refractivity contribution in [2.45, 2.75) is 45.2 Å². The standard InChI is InChI=1S/C20H27FN2O3/c1-14-19(13-23-10-5-4-6-15(23)9-11-24-2)22-20(26-14)17-8-7-16(25-3)12-18(17)21/h7-8,12,15H,4-6,9-11,13H2,1-3H3/t15-/m1/s1. The van der Waals surface area contributed by atoms with Gasteiger partial charge < -0.3 is 13.9 Å². The molecule has 5 nitrogen and oxygen atoms in total. The molecule has 0 bridgehead atoms. The lowest BCUT2D eigenvalue weighted by Crippen LogP contribution is -2.39. The Balaban J connectivity index is 1.77. The Hall–Kier alpha value is -1.92.